The second-order valence-electron chi connectivity index (χ2n) is 4.87. The monoisotopic (exact) mass is 352 g/mol. The second kappa shape index (κ2) is 10.4. The maximum atomic E-state index is 9.21. The molecule has 6 heteroatoms. The van der Waals surface area contributed by atoms with Gasteiger partial charge in [-0.25, -0.2) is 4.89 Å². The first-order valence-electron chi connectivity index (χ1n) is 7.41. The lowest BCUT2D eigenvalue weighted by Crippen LogP contribution is -1.92. The van der Waals surface area contributed by atoms with Gasteiger partial charge >= 0.3 is 0 Å². The molecule has 0 spiro atoms. The maximum absolute atomic E-state index is 9.21. The van der Waals surface area contributed by atoms with E-state index in [4.69, 9.17) is 14.3 Å². The summed E-state index contributed by atoms with van der Waals surface area (Å²) in [6, 6.07) is 14.0. The standard InChI is InChI=1S/C17H20O4S2/c18-14-4-8-16(9-5-14)22-13-3-1-2-12-20-21-23-17-10-6-15(19)7-11-17/h4-11,18-19H,1-3,12-13H2. The topological polar surface area (TPSA) is 58.9 Å². The molecule has 0 fully saturated rings. The van der Waals surface area contributed by atoms with Crippen molar-refractivity contribution in [2.75, 3.05) is 12.4 Å². The highest BCUT2D eigenvalue weighted by atomic mass is 32.2. The average Bonchev–Trinajstić information content (AvgIpc) is 2.56. The van der Waals surface area contributed by atoms with Crippen LogP contribution < -0.4 is 0 Å². The first-order valence-corrected chi connectivity index (χ1v) is 9.14. The molecule has 0 amide bonds. The molecule has 124 valence electrons. The van der Waals surface area contributed by atoms with E-state index < -0.39 is 0 Å². The number of phenolic OH excluding ortho intramolecular Hbond substituents is 2. The van der Waals surface area contributed by atoms with Gasteiger partial charge in [-0.3, -0.25) is 0 Å². The van der Waals surface area contributed by atoms with E-state index in [-0.39, 0.29) is 5.75 Å². The molecule has 0 atom stereocenters. The van der Waals surface area contributed by atoms with Gasteiger partial charge < -0.3 is 10.2 Å². The van der Waals surface area contributed by atoms with Crippen molar-refractivity contribution in [2.24, 2.45) is 0 Å². The van der Waals surface area contributed by atoms with Crippen LogP contribution in [0.4, 0.5) is 0 Å². The molecule has 2 N–H and O–H groups in total. The third-order valence-corrected chi connectivity index (χ3v) is 4.72. The van der Waals surface area contributed by atoms with E-state index in [1.807, 2.05) is 12.1 Å². The van der Waals surface area contributed by atoms with Gasteiger partial charge in [0.1, 0.15) is 11.5 Å². The summed E-state index contributed by atoms with van der Waals surface area (Å²) in [5.74, 6) is 1.59. The third kappa shape index (κ3) is 7.65. The second-order valence-corrected chi connectivity index (χ2v) is 6.81. The number of unbranched alkanes of at least 4 members (excludes halogenated alkanes) is 2. The molecule has 2 rings (SSSR count). The van der Waals surface area contributed by atoms with Gasteiger partial charge in [-0.2, -0.15) is 4.33 Å². The minimum atomic E-state index is 0.237. The fraction of sp³-hybridized carbons (Fsp3) is 0.294. The molecule has 0 bridgehead atoms. The van der Waals surface area contributed by atoms with Crippen LogP contribution in [0, 0.1) is 0 Å². The van der Waals surface area contributed by atoms with Gasteiger partial charge in [-0.05, 0) is 67.1 Å². The molecule has 0 unspecified atom stereocenters. The van der Waals surface area contributed by atoms with Crippen molar-refractivity contribution in [2.45, 2.75) is 29.1 Å². The first kappa shape index (κ1) is 18.0. The summed E-state index contributed by atoms with van der Waals surface area (Å²) >= 11 is 2.93. The van der Waals surface area contributed by atoms with Crippen molar-refractivity contribution < 1.29 is 19.4 Å². The molecule has 4 nitrogen and oxygen atoms in total. The van der Waals surface area contributed by atoms with Crippen LogP contribution in [0.25, 0.3) is 0 Å². The van der Waals surface area contributed by atoms with E-state index in [0.29, 0.717) is 12.4 Å². The van der Waals surface area contributed by atoms with Gasteiger partial charge in [0.25, 0.3) is 0 Å². The summed E-state index contributed by atoms with van der Waals surface area (Å²) < 4.78 is 5.05. The van der Waals surface area contributed by atoms with Crippen molar-refractivity contribution in [1.29, 1.82) is 0 Å². The van der Waals surface area contributed by atoms with Crippen molar-refractivity contribution in [3.05, 3.63) is 48.5 Å². The highest BCUT2D eigenvalue weighted by molar-refractivity contribution is 7.99. The fourth-order valence-electron chi connectivity index (χ4n) is 1.77. The van der Waals surface area contributed by atoms with Gasteiger partial charge in [0.05, 0.1) is 18.6 Å². The molecule has 0 radical (unpaired) electrons. The summed E-state index contributed by atoms with van der Waals surface area (Å²) in [6.45, 7) is 0.564. The molecule has 0 aliphatic rings. The predicted molar refractivity (Wildman–Crippen MR) is 93.7 cm³/mol. The molecule has 0 aliphatic carbocycles. The van der Waals surface area contributed by atoms with Crippen LogP contribution in [0.1, 0.15) is 19.3 Å². The smallest absolute Gasteiger partial charge is 0.115 e. The lowest BCUT2D eigenvalue weighted by Gasteiger charge is -2.04. The molecular weight excluding hydrogens is 332 g/mol. The number of phenols is 2. The van der Waals surface area contributed by atoms with Crippen LogP contribution in [-0.4, -0.2) is 22.6 Å². The Labute approximate surface area is 145 Å². The molecule has 2 aromatic rings. The zero-order chi connectivity index (χ0) is 16.3. The van der Waals surface area contributed by atoms with Gasteiger partial charge in [-0.1, -0.05) is 6.42 Å². The number of aromatic hydroxyl groups is 2. The lowest BCUT2D eigenvalue weighted by molar-refractivity contribution is -0.191. The van der Waals surface area contributed by atoms with Gasteiger partial charge in [0.2, 0.25) is 0 Å². The summed E-state index contributed by atoms with van der Waals surface area (Å²) in [5.41, 5.74) is 0. The van der Waals surface area contributed by atoms with E-state index >= 15 is 0 Å². The Morgan fingerprint density at radius 2 is 1.35 bits per heavy atom. The normalized spacial score (nSPS) is 10.8. The van der Waals surface area contributed by atoms with Crippen molar-refractivity contribution in [3.63, 3.8) is 0 Å². The highest BCUT2D eigenvalue weighted by Gasteiger charge is 1.98. The maximum Gasteiger partial charge on any atom is 0.115 e. The van der Waals surface area contributed by atoms with E-state index in [2.05, 4.69) is 0 Å². The molecule has 23 heavy (non-hydrogen) atoms. The Morgan fingerprint density at radius 1 is 0.739 bits per heavy atom. The number of thioether (sulfide) groups is 1. The quantitative estimate of drug-likeness (QED) is 0.206. The van der Waals surface area contributed by atoms with Gasteiger partial charge in [-0.15, -0.1) is 11.8 Å². The van der Waals surface area contributed by atoms with Crippen LogP contribution in [0.2, 0.25) is 0 Å². The minimum absolute atomic E-state index is 0.237. The summed E-state index contributed by atoms with van der Waals surface area (Å²) in [5, 5.41) is 18.4. The third-order valence-electron chi connectivity index (χ3n) is 2.99. The van der Waals surface area contributed by atoms with Crippen LogP contribution >= 0.6 is 23.8 Å². The zero-order valence-electron chi connectivity index (χ0n) is 12.7. The molecule has 0 saturated carbocycles. The van der Waals surface area contributed by atoms with Gasteiger partial charge in [0.15, 0.2) is 0 Å². The number of hydrogen-bond acceptors (Lipinski definition) is 6. The van der Waals surface area contributed by atoms with Crippen molar-refractivity contribution in [3.8, 4) is 11.5 Å². The summed E-state index contributed by atoms with van der Waals surface area (Å²) in [6.07, 6.45) is 3.14. The molecular formula is C17H20O4S2. The number of hydrogen-bond donors (Lipinski definition) is 2. The van der Waals surface area contributed by atoms with Crippen LogP contribution in [0.5, 0.6) is 11.5 Å². The molecule has 0 saturated heterocycles. The number of rotatable bonds is 10. The molecule has 0 aromatic heterocycles. The molecule has 2 aromatic carbocycles. The predicted octanol–water partition coefficient (Wildman–Crippen LogP) is 5.02. The van der Waals surface area contributed by atoms with Gasteiger partial charge in [0, 0.05) is 9.79 Å². The van der Waals surface area contributed by atoms with E-state index in [1.54, 1.807) is 48.2 Å². The Balaban J connectivity index is 1.43. The largest absolute Gasteiger partial charge is 0.508 e. The first-order chi connectivity index (χ1) is 11.2. The van der Waals surface area contributed by atoms with E-state index in [9.17, 15) is 5.11 Å². The van der Waals surface area contributed by atoms with Crippen molar-refractivity contribution >= 4 is 23.8 Å². The summed E-state index contributed by atoms with van der Waals surface area (Å²) in [4.78, 5) is 7.17. The number of benzene rings is 2. The Bertz CT molecular complexity index is 506. The minimum Gasteiger partial charge on any atom is -0.508 e. The van der Waals surface area contributed by atoms with Crippen LogP contribution in [0.15, 0.2) is 58.3 Å². The Kier molecular flexibility index (Phi) is 8.17. The average molecular weight is 352 g/mol. The molecule has 0 aliphatic heterocycles. The van der Waals surface area contributed by atoms with Crippen LogP contribution in [-0.2, 0) is 9.22 Å². The van der Waals surface area contributed by atoms with E-state index in [0.717, 1.165) is 42.0 Å². The SMILES string of the molecule is Oc1ccc(SCCCCCOOSc2ccc(O)cc2)cc1. The summed E-state index contributed by atoms with van der Waals surface area (Å²) in [7, 11) is 0. The van der Waals surface area contributed by atoms with E-state index in [1.165, 1.54) is 4.90 Å². The Hall–Kier alpha value is -1.34. The zero-order valence-corrected chi connectivity index (χ0v) is 14.3. The van der Waals surface area contributed by atoms with Crippen LogP contribution in [0.3, 0.4) is 0 Å². The highest BCUT2D eigenvalue weighted by Crippen LogP contribution is 2.23. The Morgan fingerprint density at radius 3 is 2.00 bits per heavy atom. The van der Waals surface area contributed by atoms with Crippen molar-refractivity contribution in [1.82, 2.24) is 0 Å². The fourth-order valence-corrected chi connectivity index (χ4v) is 3.13. The lowest BCUT2D eigenvalue weighted by atomic mass is 10.3. The molecule has 0 heterocycles.